The Labute approximate surface area is 197 Å². The van der Waals surface area contributed by atoms with E-state index in [2.05, 4.69) is 11.4 Å². The minimum Gasteiger partial charge on any atom is -0.493 e. The molecule has 0 saturated carbocycles. The number of hydrogen-bond acceptors (Lipinski definition) is 5. The zero-order valence-corrected chi connectivity index (χ0v) is 18.8. The van der Waals surface area contributed by atoms with Gasteiger partial charge in [0.2, 0.25) is 0 Å². The SMILES string of the molecule is COc1cc(/C=C(/C#N)C(=O)Nc2ccccc2C)cc(Cl)c1OCc1ccccc1C#N. The lowest BCUT2D eigenvalue weighted by Crippen LogP contribution is -2.14. The predicted octanol–water partition coefficient (Wildman–Crippen LogP) is 5.65. The van der Waals surface area contributed by atoms with Gasteiger partial charge in [-0.05, 0) is 48.4 Å². The van der Waals surface area contributed by atoms with Crippen LogP contribution in [-0.2, 0) is 11.4 Å². The number of nitriles is 2. The van der Waals surface area contributed by atoms with Crippen molar-refractivity contribution >= 4 is 29.3 Å². The van der Waals surface area contributed by atoms with Crippen LogP contribution in [0.1, 0.15) is 22.3 Å². The lowest BCUT2D eigenvalue weighted by molar-refractivity contribution is -0.112. The van der Waals surface area contributed by atoms with Gasteiger partial charge in [0.05, 0.1) is 23.8 Å². The summed E-state index contributed by atoms with van der Waals surface area (Å²) in [6, 6.07) is 21.6. The van der Waals surface area contributed by atoms with E-state index in [1.54, 1.807) is 42.5 Å². The van der Waals surface area contributed by atoms with E-state index in [0.717, 1.165) is 5.56 Å². The van der Waals surface area contributed by atoms with Gasteiger partial charge in [0.1, 0.15) is 18.2 Å². The summed E-state index contributed by atoms with van der Waals surface area (Å²) in [7, 11) is 1.46. The van der Waals surface area contributed by atoms with Crippen molar-refractivity contribution in [2.75, 3.05) is 12.4 Å². The number of nitrogens with zero attached hydrogens (tertiary/aromatic N) is 2. The zero-order valence-electron chi connectivity index (χ0n) is 18.1. The van der Waals surface area contributed by atoms with Crippen LogP contribution in [0.2, 0.25) is 5.02 Å². The van der Waals surface area contributed by atoms with Crippen LogP contribution in [0.15, 0.2) is 66.2 Å². The first-order chi connectivity index (χ1) is 16.0. The van der Waals surface area contributed by atoms with Crippen molar-refractivity contribution < 1.29 is 14.3 Å². The van der Waals surface area contributed by atoms with Gasteiger partial charge in [-0.1, -0.05) is 48.0 Å². The largest absolute Gasteiger partial charge is 0.493 e. The first-order valence-corrected chi connectivity index (χ1v) is 10.3. The average molecular weight is 458 g/mol. The number of anilines is 1. The second-order valence-corrected chi connectivity index (χ2v) is 7.44. The molecular formula is C26H20ClN3O3. The number of rotatable bonds is 7. The van der Waals surface area contributed by atoms with E-state index in [9.17, 15) is 15.3 Å². The van der Waals surface area contributed by atoms with Gasteiger partial charge in [-0.2, -0.15) is 10.5 Å². The molecule has 0 aliphatic heterocycles. The van der Waals surface area contributed by atoms with Gasteiger partial charge in [-0.15, -0.1) is 0 Å². The molecule has 6 nitrogen and oxygen atoms in total. The van der Waals surface area contributed by atoms with E-state index in [1.165, 1.54) is 13.2 Å². The van der Waals surface area contributed by atoms with Gasteiger partial charge in [-0.25, -0.2) is 0 Å². The fourth-order valence-corrected chi connectivity index (χ4v) is 3.36. The maximum Gasteiger partial charge on any atom is 0.266 e. The van der Waals surface area contributed by atoms with Crippen LogP contribution in [-0.4, -0.2) is 13.0 Å². The quantitative estimate of drug-likeness (QED) is 0.365. The smallest absolute Gasteiger partial charge is 0.266 e. The topological polar surface area (TPSA) is 95.1 Å². The fraction of sp³-hybridized carbons (Fsp3) is 0.115. The van der Waals surface area contributed by atoms with E-state index in [1.807, 2.05) is 31.2 Å². The van der Waals surface area contributed by atoms with Crippen LogP contribution < -0.4 is 14.8 Å². The summed E-state index contributed by atoms with van der Waals surface area (Å²) in [6.45, 7) is 1.99. The Morgan fingerprint density at radius 3 is 2.55 bits per heavy atom. The molecule has 0 aromatic heterocycles. The predicted molar refractivity (Wildman–Crippen MR) is 127 cm³/mol. The summed E-state index contributed by atoms with van der Waals surface area (Å²) in [5.74, 6) is 0.0991. The number of amides is 1. The van der Waals surface area contributed by atoms with Crippen molar-refractivity contribution in [1.82, 2.24) is 0 Å². The van der Waals surface area contributed by atoms with Crippen molar-refractivity contribution in [2.45, 2.75) is 13.5 Å². The number of benzene rings is 3. The summed E-state index contributed by atoms with van der Waals surface area (Å²) in [6.07, 6.45) is 1.43. The van der Waals surface area contributed by atoms with Gasteiger partial charge >= 0.3 is 0 Å². The molecule has 0 saturated heterocycles. The van der Waals surface area contributed by atoms with E-state index in [0.29, 0.717) is 33.9 Å². The molecule has 164 valence electrons. The molecule has 0 bridgehead atoms. The molecule has 0 heterocycles. The number of nitrogens with one attached hydrogen (secondary N) is 1. The Kier molecular flexibility index (Phi) is 7.70. The normalized spacial score (nSPS) is 10.6. The summed E-state index contributed by atoms with van der Waals surface area (Å²) < 4.78 is 11.3. The van der Waals surface area contributed by atoms with Crippen molar-refractivity contribution in [3.05, 3.63) is 93.5 Å². The van der Waals surface area contributed by atoms with Crippen molar-refractivity contribution in [3.63, 3.8) is 0 Å². The van der Waals surface area contributed by atoms with Crippen molar-refractivity contribution in [1.29, 1.82) is 10.5 Å². The fourth-order valence-electron chi connectivity index (χ4n) is 3.09. The summed E-state index contributed by atoms with van der Waals surface area (Å²) >= 11 is 6.43. The van der Waals surface area contributed by atoms with E-state index in [-0.39, 0.29) is 17.2 Å². The monoisotopic (exact) mass is 457 g/mol. The minimum atomic E-state index is -0.532. The molecule has 1 amide bonds. The molecule has 1 N–H and O–H groups in total. The Morgan fingerprint density at radius 2 is 1.85 bits per heavy atom. The molecule has 0 aliphatic rings. The van der Waals surface area contributed by atoms with Gasteiger partial charge in [-0.3, -0.25) is 4.79 Å². The van der Waals surface area contributed by atoms with Crippen molar-refractivity contribution in [2.24, 2.45) is 0 Å². The third-order valence-electron chi connectivity index (χ3n) is 4.83. The van der Waals surface area contributed by atoms with Crippen LogP contribution in [0.25, 0.3) is 6.08 Å². The summed E-state index contributed by atoms with van der Waals surface area (Å²) in [5, 5.41) is 21.7. The molecule has 0 fully saturated rings. The Bertz CT molecular complexity index is 1300. The molecule has 7 heteroatoms. The Hall–Kier alpha value is -4.26. The van der Waals surface area contributed by atoms with Crippen LogP contribution >= 0.6 is 11.6 Å². The number of aryl methyl sites for hydroxylation is 1. The Morgan fingerprint density at radius 1 is 1.12 bits per heavy atom. The van der Waals surface area contributed by atoms with Gasteiger partial charge in [0.15, 0.2) is 11.5 Å². The zero-order chi connectivity index (χ0) is 23.8. The van der Waals surface area contributed by atoms with Crippen LogP contribution in [0.5, 0.6) is 11.5 Å². The number of ether oxygens (including phenoxy) is 2. The van der Waals surface area contributed by atoms with Gasteiger partial charge < -0.3 is 14.8 Å². The maximum absolute atomic E-state index is 12.6. The Balaban J connectivity index is 1.85. The van der Waals surface area contributed by atoms with E-state index >= 15 is 0 Å². The lowest BCUT2D eigenvalue weighted by Gasteiger charge is -2.14. The third kappa shape index (κ3) is 5.71. The third-order valence-corrected chi connectivity index (χ3v) is 5.11. The highest BCUT2D eigenvalue weighted by Gasteiger charge is 2.15. The molecule has 3 aromatic carbocycles. The van der Waals surface area contributed by atoms with Crippen molar-refractivity contribution in [3.8, 4) is 23.6 Å². The van der Waals surface area contributed by atoms with E-state index < -0.39 is 5.91 Å². The molecule has 3 aromatic rings. The molecule has 3 rings (SSSR count). The lowest BCUT2D eigenvalue weighted by atomic mass is 10.1. The van der Waals surface area contributed by atoms with Crippen LogP contribution in [0, 0.1) is 29.6 Å². The summed E-state index contributed by atoms with van der Waals surface area (Å²) in [5.41, 5.74) is 3.13. The number of hydrogen-bond donors (Lipinski definition) is 1. The highest BCUT2D eigenvalue weighted by atomic mass is 35.5. The number of carbonyl (C=O) groups excluding carboxylic acids is 1. The highest BCUT2D eigenvalue weighted by Crippen LogP contribution is 2.37. The number of halogens is 1. The molecule has 0 aliphatic carbocycles. The minimum absolute atomic E-state index is 0.0898. The molecular weight excluding hydrogens is 438 g/mol. The van der Waals surface area contributed by atoms with Gasteiger partial charge in [0, 0.05) is 11.3 Å². The molecule has 0 radical (unpaired) electrons. The molecule has 0 unspecified atom stereocenters. The number of carbonyl (C=O) groups is 1. The second kappa shape index (κ2) is 10.9. The van der Waals surface area contributed by atoms with E-state index in [4.69, 9.17) is 21.1 Å². The summed E-state index contributed by atoms with van der Waals surface area (Å²) in [4.78, 5) is 12.6. The number of methoxy groups -OCH3 is 1. The first-order valence-electron chi connectivity index (χ1n) is 9.94. The van der Waals surface area contributed by atoms with Gasteiger partial charge in [0.25, 0.3) is 5.91 Å². The molecule has 0 spiro atoms. The average Bonchev–Trinajstić information content (AvgIpc) is 2.83. The highest BCUT2D eigenvalue weighted by molar-refractivity contribution is 6.32. The van der Waals surface area contributed by atoms with Crippen LogP contribution in [0.4, 0.5) is 5.69 Å². The second-order valence-electron chi connectivity index (χ2n) is 7.03. The standard InChI is InChI=1S/C26H20ClN3O3/c1-17-7-3-6-10-23(17)30-26(31)21(15-29)11-18-12-22(27)25(24(13-18)32-2)33-16-20-9-5-4-8-19(20)14-28/h3-13H,16H2,1-2H3,(H,30,31)/b21-11-. The first kappa shape index (κ1) is 23.4. The molecule has 33 heavy (non-hydrogen) atoms. The van der Waals surface area contributed by atoms with Crippen LogP contribution in [0.3, 0.4) is 0 Å². The molecule has 0 atom stereocenters. The maximum atomic E-state index is 12.6. The number of para-hydroxylation sites is 1.